The zero-order chi connectivity index (χ0) is 14.6. The van der Waals surface area contributed by atoms with Crippen LogP contribution in [0.4, 0.5) is 5.95 Å². The van der Waals surface area contributed by atoms with E-state index < -0.39 is 11.4 Å². The van der Waals surface area contributed by atoms with Gasteiger partial charge in [0.1, 0.15) is 0 Å². The molecule has 0 atom stereocenters. The Morgan fingerprint density at radius 2 is 1.95 bits per heavy atom. The lowest BCUT2D eigenvalue weighted by atomic mass is 9.79. The molecule has 0 amide bonds. The first-order valence-electron chi connectivity index (χ1n) is 7.42. The van der Waals surface area contributed by atoms with Crippen LogP contribution in [0.5, 0.6) is 0 Å². The highest BCUT2D eigenvalue weighted by Gasteiger charge is 2.37. The summed E-state index contributed by atoms with van der Waals surface area (Å²) >= 11 is 0. The molecule has 6 nitrogen and oxygen atoms in total. The Labute approximate surface area is 119 Å². The molecule has 1 saturated heterocycles. The average Bonchev–Trinajstić information content (AvgIpc) is 2.94. The van der Waals surface area contributed by atoms with Gasteiger partial charge in [-0.05, 0) is 37.3 Å². The smallest absolute Gasteiger partial charge is 0.310 e. The SMILES string of the molecule is CCC(CC)(Cc1nc(N2CCCCC2)no1)C(=O)O. The van der Waals surface area contributed by atoms with Crippen molar-refractivity contribution >= 4 is 11.9 Å². The summed E-state index contributed by atoms with van der Waals surface area (Å²) in [7, 11) is 0. The van der Waals surface area contributed by atoms with Crippen LogP contribution in [0.3, 0.4) is 0 Å². The van der Waals surface area contributed by atoms with Crippen LogP contribution in [-0.2, 0) is 11.2 Å². The number of hydrogen-bond acceptors (Lipinski definition) is 5. The summed E-state index contributed by atoms with van der Waals surface area (Å²) < 4.78 is 5.26. The van der Waals surface area contributed by atoms with Crippen molar-refractivity contribution in [1.82, 2.24) is 10.1 Å². The van der Waals surface area contributed by atoms with Gasteiger partial charge in [0.25, 0.3) is 5.95 Å². The van der Waals surface area contributed by atoms with Gasteiger partial charge in [0, 0.05) is 19.5 Å². The Hall–Kier alpha value is -1.59. The maximum atomic E-state index is 11.5. The number of rotatable bonds is 6. The number of nitrogens with zero attached hydrogens (tertiary/aromatic N) is 3. The summed E-state index contributed by atoms with van der Waals surface area (Å²) in [5.74, 6) is 0.239. The maximum Gasteiger partial charge on any atom is 0.310 e. The van der Waals surface area contributed by atoms with E-state index in [-0.39, 0.29) is 0 Å². The monoisotopic (exact) mass is 281 g/mol. The third-order valence-electron chi connectivity index (χ3n) is 4.39. The molecule has 0 saturated carbocycles. The summed E-state index contributed by atoms with van der Waals surface area (Å²) in [5, 5.41) is 13.4. The van der Waals surface area contributed by atoms with Crippen LogP contribution in [0.25, 0.3) is 0 Å². The molecule has 0 bridgehead atoms. The van der Waals surface area contributed by atoms with Crippen LogP contribution in [0.2, 0.25) is 0 Å². The molecular weight excluding hydrogens is 258 g/mol. The minimum Gasteiger partial charge on any atom is -0.481 e. The van der Waals surface area contributed by atoms with Crippen molar-refractivity contribution in [2.75, 3.05) is 18.0 Å². The van der Waals surface area contributed by atoms with E-state index in [2.05, 4.69) is 15.0 Å². The number of carboxylic acid groups (broad SMARTS) is 1. The fourth-order valence-corrected chi connectivity index (χ4v) is 2.71. The Bertz CT molecular complexity index is 448. The zero-order valence-electron chi connectivity index (χ0n) is 12.3. The Morgan fingerprint density at radius 3 is 2.50 bits per heavy atom. The van der Waals surface area contributed by atoms with Crippen molar-refractivity contribution in [3.8, 4) is 0 Å². The molecule has 0 aromatic carbocycles. The van der Waals surface area contributed by atoms with Crippen LogP contribution >= 0.6 is 0 Å². The molecule has 0 spiro atoms. The third-order valence-corrected chi connectivity index (χ3v) is 4.39. The van der Waals surface area contributed by atoms with Crippen molar-refractivity contribution in [1.29, 1.82) is 0 Å². The molecule has 0 aliphatic carbocycles. The molecule has 2 heterocycles. The number of hydrogen-bond donors (Lipinski definition) is 1. The minimum absolute atomic E-state index is 0.302. The first-order chi connectivity index (χ1) is 9.61. The molecule has 0 radical (unpaired) electrons. The van der Waals surface area contributed by atoms with Crippen LogP contribution in [0, 0.1) is 5.41 Å². The highest BCUT2D eigenvalue weighted by atomic mass is 16.5. The van der Waals surface area contributed by atoms with E-state index in [4.69, 9.17) is 4.52 Å². The van der Waals surface area contributed by atoms with E-state index in [1.807, 2.05) is 13.8 Å². The van der Waals surface area contributed by atoms with Crippen LogP contribution < -0.4 is 4.90 Å². The molecule has 1 N–H and O–H groups in total. The van der Waals surface area contributed by atoms with Gasteiger partial charge in [0.15, 0.2) is 0 Å². The normalized spacial score (nSPS) is 16.4. The van der Waals surface area contributed by atoms with E-state index in [1.165, 1.54) is 6.42 Å². The van der Waals surface area contributed by atoms with Crippen molar-refractivity contribution in [3.05, 3.63) is 5.89 Å². The summed E-state index contributed by atoms with van der Waals surface area (Å²) in [6.07, 6.45) is 4.95. The lowest BCUT2D eigenvalue weighted by Crippen LogP contribution is -2.32. The van der Waals surface area contributed by atoms with E-state index in [1.54, 1.807) is 0 Å². The molecule has 2 rings (SSSR count). The maximum absolute atomic E-state index is 11.5. The number of anilines is 1. The highest BCUT2D eigenvalue weighted by molar-refractivity contribution is 5.74. The van der Waals surface area contributed by atoms with Gasteiger partial charge in [-0.3, -0.25) is 4.79 Å². The van der Waals surface area contributed by atoms with Gasteiger partial charge in [-0.15, -0.1) is 0 Å². The summed E-state index contributed by atoms with van der Waals surface area (Å²) in [6.45, 7) is 5.67. The van der Waals surface area contributed by atoms with E-state index in [0.29, 0.717) is 31.1 Å². The summed E-state index contributed by atoms with van der Waals surface area (Å²) in [5.41, 5.74) is -0.800. The highest BCUT2D eigenvalue weighted by Crippen LogP contribution is 2.31. The molecule has 20 heavy (non-hydrogen) atoms. The Balaban J connectivity index is 2.10. The molecule has 1 fully saturated rings. The van der Waals surface area contributed by atoms with Crippen LogP contribution in [-0.4, -0.2) is 34.3 Å². The largest absolute Gasteiger partial charge is 0.481 e. The summed E-state index contributed by atoms with van der Waals surface area (Å²) in [4.78, 5) is 18.0. The lowest BCUT2D eigenvalue weighted by molar-refractivity contribution is -0.149. The van der Waals surface area contributed by atoms with Crippen molar-refractivity contribution < 1.29 is 14.4 Å². The van der Waals surface area contributed by atoms with Crippen molar-refractivity contribution in [2.24, 2.45) is 5.41 Å². The third kappa shape index (κ3) is 2.94. The van der Waals surface area contributed by atoms with Gasteiger partial charge in [-0.2, -0.15) is 4.98 Å². The van der Waals surface area contributed by atoms with Crippen LogP contribution in [0.1, 0.15) is 51.8 Å². The Kier molecular flexibility index (Phi) is 4.62. The molecule has 1 aromatic heterocycles. The molecule has 1 aromatic rings. The predicted molar refractivity (Wildman–Crippen MR) is 74.7 cm³/mol. The topological polar surface area (TPSA) is 79.5 Å². The second-order valence-electron chi connectivity index (χ2n) is 5.51. The number of piperidine rings is 1. The van der Waals surface area contributed by atoms with Gasteiger partial charge >= 0.3 is 5.97 Å². The second kappa shape index (κ2) is 6.24. The molecule has 112 valence electrons. The molecular formula is C14H23N3O3. The van der Waals surface area contributed by atoms with E-state index in [9.17, 15) is 9.90 Å². The number of carboxylic acids is 1. The standard InChI is InChI=1S/C14H23N3O3/c1-3-14(4-2,12(18)19)10-11-15-13(16-20-11)17-8-6-5-7-9-17/h3-10H2,1-2H3,(H,18,19). The molecule has 1 aliphatic heterocycles. The number of aliphatic carboxylic acids is 1. The number of aromatic nitrogens is 2. The molecule has 0 unspecified atom stereocenters. The van der Waals surface area contributed by atoms with Gasteiger partial charge in [-0.1, -0.05) is 13.8 Å². The van der Waals surface area contributed by atoms with Gasteiger partial charge in [0.2, 0.25) is 5.89 Å². The van der Waals surface area contributed by atoms with E-state index >= 15 is 0 Å². The van der Waals surface area contributed by atoms with Gasteiger partial charge < -0.3 is 14.5 Å². The zero-order valence-corrected chi connectivity index (χ0v) is 12.3. The Morgan fingerprint density at radius 1 is 1.30 bits per heavy atom. The summed E-state index contributed by atoms with van der Waals surface area (Å²) in [6, 6.07) is 0. The van der Waals surface area contributed by atoms with E-state index in [0.717, 1.165) is 25.9 Å². The second-order valence-corrected chi connectivity index (χ2v) is 5.51. The molecule has 6 heteroatoms. The first-order valence-corrected chi connectivity index (χ1v) is 7.42. The predicted octanol–water partition coefficient (Wildman–Crippen LogP) is 2.49. The average molecular weight is 281 g/mol. The van der Waals surface area contributed by atoms with Crippen molar-refractivity contribution in [3.63, 3.8) is 0 Å². The van der Waals surface area contributed by atoms with Gasteiger partial charge in [0.05, 0.1) is 5.41 Å². The minimum atomic E-state index is -0.800. The van der Waals surface area contributed by atoms with Crippen molar-refractivity contribution in [2.45, 2.75) is 52.4 Å². The fraction of sp³-hybridized carbons (Fsp3) is 0.786. The van der Waals surface area contributed by atoms with Gasteiger partial charge in [-0.25, -0.2) is 0 Å². The lowest BCUT2D eigenvalue weighted by Gasteiger charge is -2.25. The number of carbonyl (C=O) groups is 1. The fourth-order valence-electron chi connectivity index (χ4n) is 2.71. The quantitative estimate of drug-likeness (QED) is 0.863. The van der Waals surface area contributed by atoms with Crippen LogP contribution in [0.15, 0.2) is 4.52 Å². The first kappa shape index (κ1) is 14.8. The molecule has 1 aliphatic rings.